The van der Waals surface area contributed by atoms with Gasteiger partial charge in [0.25, 0.3) is 0 Å². The van der Waals surface area contributed by atoms with Gasteiger partial charge in [0.05, 0.1) is 5.41 Å². The largest absolute Gasteiger partial charge is 0.341 e. The zero-order valence-electron chi connectivity index (χ0n) is 15.7. The zero-order chi connectivity index (χ0) is 17.6. The fourth-order valence-corrected chi connectivity index (χ4v) is 4.95. The van der Waals surface area contributed by atoms with Crippen LogP contribution >= 0.6 is 0 Å². The highest BCUT2D eigenvalue weighted by Gasteiger charge is 2.57. The number of amides is 2. The molecule has 0 aromatic heterocycles. The predicted octanol–water partition coefficient (Wildman–Crippen LogP) is 0.387. The Morgan fingerprint density at radius 3 is 2.60 bits per heavy atom. The second kappa shape index (κ2) is 6.54. The predicted molar refractivity (Wildman–Crippen MR) is 96.0 cm³/mol. The minimum Gasteiger partial charge on any atom is -0.341 e. The summed E-state index contributed by atoms with van der Waals surface area (Å²) in [7, 11) is 0. The summed E-state index contributed by atoms with van der Waals surface area (Å²) in [6, 6.07) is 0.534. The molecule has 0 spiro atoms. The van der Waals surface area contributed by atoms with Crippen LogP contribution in [0.15, 0.2) is 0 Å². The molecule has 140 valence electrons. The van der Waals surface area contributed by atoms with Crippen molar-refractivity contribution >= 4 is 11.8 Å². The number of carbonyl (C=O) groups is 2. The molecule has 1 aliphatic carbocycles. The number of nitrogens with one attached hydrogen (secondary N) is 1. The Bertz CT molecular complexity index is 548. The molecular weight excluding hydrogens is 316 g/mol. The lowest BCUT2D eigenvalue weighted by Crippen LogP contribution is -2.50. The number of hydrogen-bond donors (Lipinski definition) is 1. The number of likely N-dealkylation sites (tertiary alicyclic amines) is 1. The third-order valence-electron chi connectivity index (χ3n) is 6.74. The molecule has 0 radical (unpaired) electrons. The van der Waals surface area contributed by atoms with E-state index in [0.29, 0.717) is 24.4 Å². The van der Waals surface area contributed by atoms with Gasteiger partial charge in [-0.3, -0.25) is 14.5 Å². The SMILES string of the molecule is CC(C)N1CCCN(C(=O)[C@]23CNC[C@H]2CN(C(=O)C2CC2)C3)CC1. The van der Waals surface area contributed by atoms with E-state index in [0.717, 1.165) is 65.1 Å². The van der Waals surface area contributed by atoms with E-state index in [-0.39, 0.29) is 17.3 Å². The van der Waals surface area contributed by atoms with Crippen molar-refractivity contribution in [1.29, 1.82) is 0 Å². The second-order valence-electron chi connectivity index (χ2n) is 8.75. The van der Waals surface area contributed by atoms with Crippen molar-refractivity contribution in [2.75, 3.05) is 52.4 Å². The van der Waals surface area contributed by atoms with Crippen molar-refractivity contribution in [3.63, 3.8) is 0 Å². The van der Waals surface area contributed by atoms with Gasteiger partial charge in [0.2, 0.25) is 11.8 Å². The summed E-state index contributed by atoms with van der Waals surface area (Å²) in [5.41, 5.74) is -0.377. The van der Waals surface area contributed by atoms with Gasteiger partial charge in [-0.05, 0) is 33.1 Å². The van der Waals surface area contributed by atoms with Crippen molar-refractivity contribution in [1.82, 2.24) is 20.0 Å². The Labute approximate surface area is 150 Å². The van der Waals surface area contributed by atoms with Gasteiger partial charge in [0, 0.05) is 70.2 Å². The van der Waals surface area contributed by atoms with Crippen LogP contribution in [0.2, 0.25) is 0 Å². The molecular formula is C19H32N4O2. The van der Waals surface area contributed by atoms with Crippen LogP contribution in [0.5, 0.6) is 0 Å². The molecule has 4 rings (SSSR count). The highest BCUT2D eigenvalue weighted by molar-refractivity contribution is 5.87. The molecule has 4 fully saturated rings. The zero-order valence-corrected chi connectivity index (χ0v) is 15.7. The first kappa shape index (κ1) is 17.3. The molecule has 0 aromatic rings. The molecule has 2 atom stereocenters. The Kier molecular flexibility index (Phi) is 4.52. The van der Waals surface area contributed by atoms with Crippen LogP contribution in [0.25, 0.3) is 0 Å². The first-order valence-electron chi connectivity index (χ1n) is 10.0. The van der Waals surface area contributed by atoms with Crippen molar-refractivity contribution in [3.05, 3.63) is 0 Å². The summed E-state index contributed by atoms with van der Waals surface area (Å²) in [6.07, 6.45) is 3.12. The molecule has 4 aliphatic rings. The minimum absolute atomic E-state index is 0.247. The Hall–Kier alpha value is -1.14. The van der Waals surface area contributed by atoms with E-state index < -0.39 is 0 Å². The topological polar surface area (TPSA) is 55.9 Å². The van der Waals surface area contributed by atoms with E-state index in [1.807, 2.05) is 4.90 Å². The molecule has 3 saturated heterocycles. The maximum absolute atomic E-state index is 13.5. The molecule has 6 nitrogen and oxygen atoms in total. The highest BCUT2D eigenvalue weighted by atomic mass is 16.2. The third kappa shape index (κ3) is 3.08. The average molecular weight is 348 g/mol. The van der Waals surface area contributed by atoms with Gasteiger partial charge in [0.1, 0.15) is 0 Å². The fourth-order valence-electron chi connectivity index (χ4n) is 4.95. The van der Waals surface area contributed by atoms with E-state index in [9.17, 15) is 9.59 Å². The molecule has 3 heterocycles. The number of hydrogen-bond acceptors (Lipinski definition) is 4. The van der Waals surface area contributed by atoms with E-state index in [4.69, 9.17) is 0 Å². The Balaban J connectivity index is 1.47. The number of carbonyl (C=O) groups excluding carboxylic acids is 2. The molecule has 2 amide bonds. The smallest absolute Gasteiger partial charge is 0.232 e. The number of nitrogens with zero attached hydrogens (tertiary/aromatic N) is 3. The summed E-state index contributed by atoms with van der Waals surface area (Å²) in [4.78, 5) is 32.6. The summed E-state index contributed by atoms with van der Waals surface area (Å²) in [5.74, 6) is 1.12. The van der Waals surface area contributed by atoms with E-state index in [1.54, 1.807) is 0 Å². The minimum atomic E-state index is -0.377. The van der Waals surface area contributed by atoms with Crippen LogP contribution in [0, 0.1) is 17.3 Å². The van der Waals surface area contributed by atoms with E-state index >= 15 is 0 Å². The molecule has 1 saturated carbocycles. The van der Waals surface area contributed by atoms with Crippen molar-refractivity contribution in [2.24, 2.45) is 17.3 Å². The van der Waals surface area contributed by atoms with Crippen molar-refractivity contribution in [3.8, 4) is 0 Å². The van der Waals surface area contributed by atoms with Crippen LogP contribution in [-0.4, -0.2) is 84.9 Å². The van der Waals surface area contributed by atoms with Crippen molar-refractivity contribution < 1.29 is 9.59 Å². The summed E-state index contributed by atoms with van der Waals surface area (Å²) in [6.45, 7) is 11.2. The fraction of sp³-hybridized carbons (Fsp3) is 0.895. The van der Waals surface area contributed by atoms with Crippen LogP contribution in [0.4, 0.5) is 0 Å². The lowest BCUT2D eigenvalue weighted by atomic mass is 9.79. The van der Waals surface area contributed by atoms with E-state index in [2.05, 4.69) is 29.0 Å². The van der Waals surface area contributed by atoms with Gasteiger partial charge in [-0.25, -0.2) is 0 Å². The molecule has 0 bridgehead atoms. The first-order valence-corrected chi connectivity index (χ1v) is 10.0. The van der Waals surface area contributed by atoms with Crippen LogP contribution in [0.1, 0.15) is 33.1 Å². The Morgan fingerprint density at radius 2 is 1.88 bits per heavy atom. The van der Waals surface area contributed by atoms with Gasteiger partial charge in [-0.1, -0.05) is 0 Å². The van der Waals surface area contributed by atoms with Gasteiger partial charge >= 0.3 is 0 Å². The van der Waals surface area contributed by atoms with Crippen LogP contribution in [-0.2, 0) is 9.59 Å². The van der Waals surface area contributed by atoms with Crippen molar-refractivity contribution in [2.45, 2.75) is 39.2 Å². The van der Waals surface area contributed by atoms with Gasteiger partial charge in [0.15, 0.2) is 0 Å². The number of rotatable bonds is 3. The third-order valence-corrected chi connectivity index (χ3v) is 6.74. The first-order chi connectivity index (χ1) is 12.0. The van der Waals surface area contributed by atoms with Gasteiger partial charge in [-0.2, -0.15) is 0 Å². The van der Waals surface area contributed by atoms with Crippen LogP contribution < -0.4 is 5.32 Å². The second-order valence-corrected chi connectivity index (χ2v) is 8.75. The molecule has 3 aliphatic heterocycles. The summed E-state index contributed by atoms with van der Waals surface area (Å²) in [5, 5.41) is 3.44. The molecule has 6 heteroatoms. The molecule has 0 aromatic carbocycles. The lowest BCUT2D eigenvalue weighted by Gasteiger charge is -2.33. The lowest BCUT2D eigenvalue weighted by molar-refractivity contribution is -0.142. The maximum atomic E-state index is 13.5. The maximum Gasteiger partial charge on any atom is 0.232 e. The highest BCUT2D eigenvalue weighted by Crippen LogP contribution is 2.43. The molecule has 25 heavy (non-hydrogen) atoms. The normalized spacial score (nSPS) is 33.6. The molecule has 0 unspecified atom stereocenters. The van der Waals surface area contributed by atoms with E-state index in [1.165, 1.54) is 0 Å². The standard InChI is InChI=1S/C19H32N4O2/c1-14(2)21-6-3-7-22(9-8-21)18(25)19-12-20-10-16(19)11-23(13-19)17(24)15-4-5-15/h14-16,20H,3-13H2,1-2H3/t16-,19-/m0/s1. The quantitative estimate of drug-likeness (QED) is 0.802. The Morgan fingerprint density at radius 1 is 1.08 bits per heavy atom. The number of fused-ring (bicyclic) bond motifs is 1. The van der Waals surface area contributed by atoms with Gasteiger partial charge in [-0.15, -0.1) is 0 Å². The average Bonchev–Trinajstić information content (AvgIpc) is 3.30. The summed E-state index contributed by atoms with van der Waals surface area (Å²) >= 11 is 0. The summed E-state index contributed by atoms with van der Waals surface area (Å²) < 4.78 is 0. The van der Waals surface area contributed by atoms with Gasteiger partial charge < -0.3 is 15.1 Å². The monoisotopic (exact) mass is 348 g/mol. The van der Waals surface area contributed by atoms with Crippen LogP contribution in [0.3, 0.4) is 0 Å². The molecule has 1 N–H and O–H groups in total.